The van der Waals surface area contributed by atoms with Crippen LogP contribution in [0.15, 0.2) is 23.4 Å². The largest absolute Gasteiger partial charge is 0.395 e. The van der Waals surface area contributed by atoms with Crippen LogP contribution >= 0.6 is 0 Å². The van der Waals surface area contributed by atoms with Crippen LogP contribution in [0.25, 0.3) is 0 Å². The van der Waals surface area contributed by atoms with Gasteiger partial charge in [0.2, 0.25) is 0 Å². The molecule has 102 valence electrons. The zero-order valence-corrected chi connectivity index (χ0v) is 11.1. The first-order valence-electron chi connectivity index (χ1n) is 6.66. The summed E-state index contributed by atoms with van der Waals surface area (Å²) in [5.74, 6) is -0.170. The fourth-order valence-electron chi connectivity index (χ4n) is 2.50. The maximum absolute atomic E-state index is 14.2. The lowest BCUT2D eigenvalue weighted by atomic mass is 10.1. The number of halogens is 1. The van der Waals surface area contributed by atoms with Crippen LogP contribution in [0, 0.1) is 5.82 Å². The second kappa shape index (κ2) is 5.17. The fraction of sp³-hybridized carbons (Fsp3) is 0.500. The first-order chi connectivity index (χ1) is 9.24. The Morgan fingerprint density at radius 2 is 2.00 bits per heavy atom. The Morgan fingerprint density at radius 1 is 1.21 bits per heavy atom. The highest BCUT2D eigenvalue weighted by atomic mass is 19.1. The molecule has 19 heavy (non-hydrogen) atoms. The summed E-state index contributed by atoms with van der Waals surface area (Å²) in [6, 6.07) is 5.36. The molecule has 0 N–H and O–H groups in total. The number of hydrogen-bond acceptors (Lipinski definition) is 4. The van der Waals surface area contributed by atoms with Gasteiger partial charge in [-0.3, -0.25) is 0 Å². The SMILES string of the molecule is CN1CCN(c2ccc(C3=NOCC3)cc2F)CC1. The van der Waals surface area contributed by atoms with Crippen molar-refractivity contribution >= 4 is 11.4 Å². The van der Waals surface area contributed by atoms with Crippen LogP contribution in [0.3, 0.4) is 0 Å². The number of piperazine rings is 1. The average Bonchev–Trinajstić information content (AvgIpc) is 2.94. The van der Waals surface area contributed by atoms with Crippen LogP contribution < -0.4 is 4.90 Å². The van der Waals surface area contributed by atoms with Crippen molar-refractivity contribution in [2.75, 3.05) is 44.7 Å². The van der Waals surface area contributed by atoms with Gasteiger partial charge in [0.15, 0.2) is 0 Å². The molecule has 0 aromatic heterocycles. The molecule has 0 saturated carbocycles. The van der Waals surface area contributed by atoms with Crippen molar-refractivity contribution < 1.29 is 9.23 Å². The molecule has 0 bridgehead atoms. The van der Waals surface area contributed by atoms with E-state index in [1.807, 2.05) is 12.1 Å². The number of likely N-dealkylation sites (N-methyl/N-ethyl adjacent to an activating group) is 1. The van der Waals surface area contributed by atoms with Crippen LogP contribution in [-0.2, 0) is 4.84 Å². The van der Waals surface area contributed by atoms with Crippen molar-refractivity contribution in [1.29, 1.82) is 0 Å². The molecule has 5 heteroatoms. The predicted molar refractivity (Wildman–Crippen MR) is 73.2 cm³/mol. The summed E-state index contributed by atoms with van der Waals surface area (Å²) in [5.41, 5.74) is 2.35. The summed E-state index contributed by atoms with van der Waals surface area (Å²) in [6.45, 7) is 4.29. The molecule has 0 aliphatic carbocycles. The molecule has 1 aromatic rings. The number of anilines is 1. The molecule has 0 atom stereocenters. The Hall–Kier alpha value is -1.62. The molecule has 1 fully saturated rings. The summed E-state index contributed by atoms with van der Waals surface area (Å²) >= 11 is 0. The minimum absolute atomic E-state index is 0.170. The lowest BCUT2D eigenvalue weighted by Gasteiger charge is -2.34. The molecule has 2 aliphatic rings. The van der Waals surface area contributed by atoms with Gasteiger partial charge in [0, 0.05) is 38.2 Å². The van der Waals surface area contributed by atoms with Gasteiger partial charge in [-0.1, -0.05) is 11.2 Å². The van der Waals surface area contributed by atoms with E-state index in [9.17, 15) is 4.39 Å². The smallest absolute Gasteiger partial charge is 0.147 e. The zero-order valence-electron chi connectivity index (χ0n) is 11.1. The van der Waals surface area contributed by atoms with E-state index in [0.717, 1.165) is 43.9 Å². The average molecular weight is 263 g/mol. The van der Waals surface area contributed by atoms with Crippen LogP contribution in [0.4, 0.5) is 10.1 Å². The minimum Gasteiger partial charge on any atom is -0.395 e. The van der Waals surface area contributed by atoms with Crippen molar-refractivity contribution in [3.63, 3.8) is 0 Å². The monoisotopic (exact) mass is 263 g/mol. The van der Waals surface area contributed by atoms with E-state index in [-0.39, 0.29) is 5.82 Å². The van der Waals surface area contributed by atoms with Gasteiger partial charge in [-0.25, -0.2) is 4.39 Å². The molecular weight excluding hydrogens is 245 g/mol. The van der Waals surface area contributed by atoms with Gasteiger partial charge in [0.05, 0.1) is 11.4 Å². The third-order valence-electron chi connectivity index (χ3n) is 3.73. The summed E-state index contributed by atoms with van der Waals surface area (Å²) in [4.78, 5) is 9.32. The van der Waals surface area contributed by atoms with Gasteiger partial charge in [-0.05, 0) is 19.2 Å². The molecular formula is C14H18FN3O. The Bertz CT molecular complexity index is 495. The van der Waals surface area contributed by atoms with Crippen molar-refractivity contribution in [2.24, 2.45) is 5.16 Å². The van der Waals surface area contributed by atoms with Gasteiger partial charge in [-0.2, -0.15) is 0 Å². The van der Waals surface area contributed by atoms with E-state index in [1.54, 1.807) is 6.07 Å². The summed E-state index contributed by atoms with van der Waals surface area (Å²) in [6.07, 6.45) is 0.757. The zero-order chi connectivity index (χ0) is 13.2. The van der Waals surface area contributed by atoms with Gasteiger partial charge in [0.25, 0.3) is 0 Å². The van der Waals surface area contributed by atoms with Crippen LogP contribution in [0.2, 0.25) is 0 Å². The lowest BCUT2D eigenvalue weighted by molar-refractivity contribution is 0.174. The van der Waals surface area contributed by atoms with Gasteiger partial charge in [-0.15, -0.1) is 0 Å². The molecule has 1 saturated heterocycles. The van der Waals surface area contributed by atoms with Crippen molar-refractivity contribution in [3.8, 4) is 0 Å². The summed E-state index contributed by atoms with van der Waals surface area (Å²) < 4.78 is 14.2. The Labute approximate surface area is 112 Å². The van der Waals surface area contributed by atoms with E-state index >= 15 is 0 Å². The van der Waals surface area contributed by atoms with E-state index in [0.29, 0.717) is 12.3 Å². The number of nitrogens with zero attached hydrogens (tertiary/aromatic N) is 3. The molecule has 0 unspecified atom stereocenters. The summed E-state index contributed by atoms with van der Waals surface area (Å²) in [7, 11) is 2.09. The van der Waals surface area contributed by atoms with Gasteiger partial charge in [0.1, 0.15) is 12.4 Å². The lowest BCUT2D eigenvalue weighted by Crippen LogP contribution is -2.44. The molecule has 3 rings (SSSR count). The molecule has 4 nitrogen and oxygen atoms in total. The quantitative estimate of drug-likeness (QED) is 0.813. The Kier molecular flexibility index (Phi) is 3.38. The van der Waals surface area contributed by atoms with Crippen molar-refractivity contribution in [1.82, 2.24) is 4.90 Å². The second-order valence-electron chi connectivity index (χ2n) is 5.08. The van der Waals surface area contributed by atoms with E-state index in [4.69, 9.17) is 4.84 Å². The Morgan fingerprint density at radius 3 is 2.63 bits per heavy atom. The highest BCUT2D eigenvalue weighted by Gasteiger charge is 2.19. The molecule has 2 heterocycles. The molecule has 2 aliphatic heterocycles. The van der Waals surface area contributed by atoms with Crippen molar-refractivity contribution in [3.05, 3.63) is 29.6 Å². The van der Waals surface area contributed by atoms with Crippen LogP contribution in [0.1, 0.15) is 12.0 Å². The van der Waals surface area contributed by atoms with E-state index < -0.39 is 0 Å². The number of benzene rings is 1. The maximum atomic E-state index is 14.2. The molecule has 0 spiro atoms. The van der Waals surface area contributed by atoms with Crippen LogP contribution in [-0.4, -0.2) is 50.4 Å². The highest BCUT2D eigenvalue weighted by Crippen LogP contribution is 2.23. The Balaban J connectivity index is 1.79. The second-order valence-corrected chi connectivity index (χ2v) is 5.08. The first-order valence-corrected chi connectivity index (χ1v) is 6.66. The number of oxime groups is 1. The predicted octanol–water partition coefficient (Wildman–Crippen LogP) is 1.70. The number of rotatable bonds is 2. The highest BCUT2D eigenvalue weighted by molar-refractivity contribution is 6.01. The summed E-state index contributed by atoms with van der Waals surface area (Å²) in [5, 5.41) is 3.93. The third-order valence-corrected chi connectivity index (χ3v) is 3.73. The first kappa shape index (κ1) is 12.4. The molecule has 0 amide bonds. The van der Waals surface area contributed by atoms with Crippen molar-refractivity contribution in [2.45, 2.75) is 6.42 Å². The topological polar surface area (TPSA) is 28.1 Å². The molecule has 0 radical (unpaired) electrons. The van der Waals surface area contributed by atoms with Crippen LogP contribution in [0.5, 0.6) is 0 Å². The minimum atomic E-state index is -0.170. The standard InChI is InChI=1S/C14H18FN3O/c1-17-5-7-18(8-6-17)14-3-2-11(10-12(14)15)13-4-9-19-16-13/h2-3,10H,4-9H2,1H3. The molecule has 1 aromatic carbocycles. The fourth-order valence-corrected chi connectivity index (χ4v) is 2.50. The van der Waals surface area contributed by atoms with Gasteiger partial charge >= 0.3 is 0 Å². The third kappa shape index (κ3) is 2.56. The maximum Gasteiger partial charge on any atom is 0.147 e. The van der Waals surface area contributed by atoms with E-state index in [2.05, 4.69) is 22.0 Å². The normalized spacial score (nSPS) is 20.3. The van der Waals surface area contributed by atoms with E-state index in [1.165, 1.54) is 0 Å². The number of hydrogen-bond donors (Lipinski definition) is 0. The van der Waals surface area contributed by atoms with Gasteiger partial charge < -0.3 is 14.6 Å².